The van der Waals surface area contributed by atoms with Crippen molar-refractivity contribution in [2.24, 2.45) is 0 Å². The quantitative estimate of drug-likeness (QED) is 0.627. The Bertz CT molecular complexity index is 618. The van der Waals surface area contributed by atoms with Crippen molar-refractivity contribution in [2.45, 2.75) is 18.1 Å². The van der Waals surface area contributed by atoms with Gasteiger partial charge in [-0.3, -0.25) is 4.79 Å². The largest absolute Gasteiger partial charge is 0.354 e. The highest BCUT2D eigenvalue weighted by molar-refractivity contribution is 7.99. The lowest BCUT2D eigenvalue weighted by atomic mass is 10.2. The molecular weight excluding hydrogens is 284 g/mol. The Morgan fingerprint density at radius 2 is 2.19 bits per heavy atom. The average molecular weight is 300 g/mol. The Labute approximate surface area is 128 Å². The zero-order valence-electron chi connectivity index (χ0n) is 11.5. The number of thioether (sulfide) groups is 1. The van der Waals surface area contributed by atoms with E-state index in [4.69, 9.17) is 5.26 Å². The molecule has 0 saturated heterocycles. The summed E-state index contributed by atoms with van der Waals surface area (Å²) in [7, 11) is 0. The SMILES string of the molecule is N#CCCNC(=O)CSc1nccn1Cc1ccccc1. The van der Waals surface area contributed by atoms with E-state index in [1.807, 2.05) is 35.0 Å². The van der Waals surface area contributed by atoms with Gasteiger partial charge < -0.3 is 9.88 Å². The summed E-state index contributed by atoms with van der Waals surface area (Å²) in [6.45, 7) is 1.13. The maximum absolute atomic E-state index is 11.6. The molecule has 0 aliphatic rings. The summed E-state index contributed by atoms with van der Waals surface area (Å²) >= 11 is 1.40. The summed E-state index contributed by atoms with van der Waals surface area (Å²) in [4.78, 5) is 15.9. The molecule has 0 atom stereocenters. The highest BCUT2D eigenvalue weighted by Crippen LogP contribution is 2.16. The van der Waals surface area contributed by atoms with Gasteiger partial charge >= 0.3 is 0 Å². The molecule has 1 amide bonds. The minimum atomic E-state index is -0.0792. The summed E-state index contributed by atoms with van der Waals surface area (Å²) in [6.07, 6.45) is 3.97. The first-order valence-corrected chi connectivity index (χ1v) is 7.59. The molecule has 1 aromatic carbocycles. The van der Waals surface area contributed by atoms with Crippen LogP contribution in [0.3, 0.4) is 0 Å². The lowest BCUT2D eigenvalue weighted by Crippen LogP contribution is -2.26. The average Bonchev–Trinajstić information content (AvgIpc) is 2.94. The van der Waals surface area contributed by atoms with E-state index in [9.17, 15) is 4.79 Å². The van der Waals surface area contributed by atoms with Crippen LogP contribution in [0.4, 0.5) is 0 Å². The number of hydrogen-bond donors (Lipinski definition) is 1. The second kappa shape index (κ2) is 8.12. The first-order chi connectivity index (χ1) is 10.3. The number of nitriles is 1. The van der Waals surface area contributed by atoms with E-state index in [2.05, 4.69) is 22.4 Å². The maximum Gasteiger partial charge on any atom is 0.230 e. The minimum absolute atomic E-state index is 0.0792. The highest BCUT2D eigenvalue weighted by atomic mass is 32.2. The van der Waals surface area contributed by atoms with Crippen LogP contribution in [0.25, 0.3) is 0 Å². The molecule has 1 aromatic heterocycles. The van der Waals surface area contributed by atoms with E-state index < -0.39 is 0 Å². The normalized spacial score (nSPS) is 10.0. The van der Waals surface area contributed by atoms with Crippen LogP contribution in [-0.4, -0.2) is 27.8 Å². The molecule has 108 valence electrons. The van der Waals surface area contributed by atoms with E-state index in [1.54, 1.807) is 6.20 Å². The molecule has 0 bridgehead atoms. The molecule has 1 N–H and O–H groups in total. The van der Waals surface area contributed by atoms with Crippen LogP contribution in [-0.2, 0) is 11.3 Å². The van der Waals surface area contributed by atoms with Crippen LogP contribution in [0, 0.1) is 11.3 Å². The first kappa shape index (κ1) is 15.1. The van der Waals surface area contributed by atoms with Gasteiger partial charge in [-0.25, -0.2) is 4.98 Å². The third kappa shape index (κ3) is 4.97. The van der Waals surface area contributed by atoms with E-state index in [0.29, 0.717) is 18.7 Å². The third-order valence-corrected chi connectivity index (χ3v) is 3.77. The highest BCUT2D eigenvalue weighted by Gasteiger charge is 2.07. The number of amides is 1. The fourth-order valence-corrected chi connectivity index (χ4v) is 2.56. The number of benzene rings is 1. The maximum atomic E-state index is 11.6. The first-order valence-electron chi connectivity index (χ1n) is 6.61. The van der Waals surface area contributed by atoms with Crippen molar-refractivity contribution < 1.29 is 4.79 Å². The Morgan fingerprint density at radius 1 is 1.38 bits per heavy atom. The number of nitrogens with one attached hydrogen (secondary N) is 1. The molecule has 0 saturated carbocycles. The molecule has 0 aliphatic carbocycles. The molecule has 0 fully saturated rings. The van der Waals surface area contributed by atoms with E-state index >= 15 is 0 Å². The predicted octanol–water partition coefficient (Wildman–Crippen LogP) is 2.05. The molecule has 2 rings (SSSR count). The molecule has 21 heavy (non-hydrogen) atoms. The Morgan fingerprint density at radius 3 is 2.95 bits per heavy atom. The van der Waals surface area contributed by atoms with Crippen molar-refractivity contribution in [1.29, 1.82) is 5.26 Å². The molecule has 2 aromatic rings. The minimum Gasteiger partial charge on any atom is -0.354 e. The molecule has 5 nitrogen and oxygen atoms in total. The lowest BCUT2D eigenvalue weighted by Gasteiger charge is -2.07. The summed E-state index contributed by atoms with van der Waals surface area (Å²) in [5, 5.41) is 11.9. The van der Waals surface area contributed by atoms with Gasteiger partial charge in [0.15, 0.2) is 5.16 Å². The van der Waals surface area contributed by atoms with Gasteiger partial charge in [0.2, 0.25) is 5.91 Å². The fourth-order valence-electron chi connectivity index (χ4n) is 1.78. The Hall–Kier alpha value is -2.26. The van der Waals surface area contributed by atoms with Gasteiger partial charge in [-0.05, 0) is 5.56 Å². The molecule has 0 spiro atoms. The van der Waals surface area contributed by atoms with Crippen molar-refractivity contribution in [3.8, 4) is 6.07 Å². The van der Waals surface area contributed by atoms with Crippen LogP contribution in [0.2, 0.25) is 0 Å². The lowest BCUT2D eigenvalue weighted by molar-refractivity contribution is -0.118. The van der Waals surface area contributed by atoms with Crippen LogP contribution in [0.5, 0.6) is 0 Å². The summed E-state index contributed by atoms with van der Waals surface area (Å²) < 4.78 is 2.02. The smallest absolute Gasteiger partial charge is 0.230 e. The molecule has 0 aliphatic heterocycles. The van der Waals surface area contributed by atoms with E-state index in [0.717, 1.165) is 11.7 Å². The molecular formula is C15H16N4OS. The van der Waals surface area contributed by atoms with Crippen LogP contribution in [0.1, 0.15) is 12.0 Å². The number of carbonyl (C=O) groups excluding carboxylic acids is 1. The summed E-state index contributed by atoms with van der Waals surface area (Å²) in [5.74, 6) is 0.224. The van der Waals surface area contributed by atoms with Crippen molar-refractivity contribution in [3.05, 3.63) is 48.3 Å². The molecule has 1 heterocycles. The van der Waals surface area contributed by atoms with Gasteiger partial charge in [0, 0.05) is 25.5 Å². The number of rotatable bonds is 7. The summed E-state index contributed by atoms with van der Waals surface area (Å²) in [6, 6.07) is 12.1. The van der Waals surface area contributed by atoms with Gasteiger partial charge in [-0.1, -0.05) is 42.1 Å². The zero-order valence-corrected chi connectivity index (χ0v) is 12.3. The molecule has 0 unspecified atom stereocenters. The summed E-state index contributed by atoms with van der Waals surface area (Å²) in [5.41, 5.74) is 1.19. The van der Waals surface area contributed by atoms with E-state index in [-0.39, 0.29) is 5.91 Å². The van der Waals surface area contributed by atoms with Crippen LogP contribution in [0.15, 0.2) is 47.9 Å². The van der Waals surface area contributed by atoms with Crippen LogP contribution >= 0.6 is 11.8 Å². The second-order valence-corrected chi connectivity index (χ2v) is 5.31. The number of nitrogens with zero attached hydrogens (tertiary/aromatic N) is 3. The number of carbonyl (C=O) groups is 1. The molecule has 6 heteroatoms. The topological polar surface area (TPSA) is 70.7 Å². The fraction of sp³-hybridized carbons (Fsp3) is 0.267. The van der Waals surface area contributed by atoms with Gasteiger partial charge in [-0.2, -0.15) is 5.26 Å². The Balaban J connectivity index is 1.86. The van der Waals surface area contributed by atoms with Crippen molar-refractivity contribution in [3.63, 3.8) is 0 Å². The standard InChI is InChI=1S/C15H16N4OS/c16-7-4-8-17-14(20)12-21-15-18-9-10-19(15)11-13-5-2-1-3-6-13/h1-3,5-6,9-10H,4,8,11-12H2,(H,17,20). The zero-order chi connectivity index (χ0) is 14.9. The third-order valence-electron chi connectivity index (χ3n) is 2.76. The van der Waals surface area contributed by atoms with E-state index in [1.165, 1.54) is 17.3 Å². The number of hydrogen-bond acceptors (Lipinski definition) is 4. The van der Waals surface area contributed by atoms with Crippen molar-refractivity contribution in [1.82, 2.24) is 14.9 Å². The van der Waals surface area contributed by atoms with Gasteiger partial charge in [0.25, 0.3) is 0 Å². The molecule has 0 radical (unpaired) electrons. The van der Waals surface area contributed by atoms with Crippen LogP contribution < -0.4 is 5.32 Å². The Kier molecular flexibility index (Phi) is 5.85. The van der Waals surface area contributed by atoms with Gasteiger partial charge in [0.1, 0.15) is 0 Å². The number of aromatic nitrogens is 2. The second-order valence-electron chi connectivity index (χ2n) is 4.37. The van der Waals surface area contributed by atoms with Gasteiger partial charge in [0.05, 0.1) is 18.2 Å². The predicted molar refractivity (Wildman–Crippen MR) is 81.7 cm³/mol. The van der Waals surface area contributed by atoms with Crippen molar-refractivity contribution >= 4 is 17.7 Å². The number of imidazole rings is 1. The van der Waals surface area contributed by atoms with Crippen molar-refractivity contribution in [2.75, 3.05) is 12.3 Å². The monoisotopic (exact) mass is 300 g/mol. The van der Waals surface area contributed by atoms with Gasteiger partial charge in [-0.15, -0.1) is 0 Å².